The standard InChI is InChI=1S/C20H29N3O3/c1-16(19(24)21-15-17-5-3-2-4-6-17)22-9-7-18(8-10-22)20(25)23-11-13-26-14-12-23/h2-6,16,18H,7-15H2,1H3,(H,21,24). The molecule has 6 nitrogen and oxygen atoms in total. The molecule has 0 radical (unpaired) electrons. The Morgan fingerprint density at radius 1 is 1.12 bits per heavy atom. The van der Waals surface area contributed by atoms with Crippen LogP contribution >= 0.6 is 0 Å². The van der Waals surface area contributed by atoms with Crippen molar-refractivity contribution in [2.45, 2.75) is 32.4 Å². The molecule has 142 valence electrons. The highest BCUT2D eigenvalue weighted by atomic mass is 16.5. The first-order valence-corrected chi connectivity index (χ1v) is 9.57. The molecule has 0 aliphatic carbocycles. The van der Waals surface area contributed by atoms with Crippen molar-refractivity contribution in [2.24, 2.45) is 5.92 Å². The van der Waals surface area contributed by atoms with Gasteiger partial charge in [-0.2, -0.15) is 0 Å². The number of nitrogens with zero attached hydrogens (tertiary/aromatic N) is 2. The number of carbonyl (C=O) groups excluding carboxylic acids is 2. The van der Waals surface area contributed by atoms with Crippen molar-refractivity contribution in [3.63, 3.8) is 0 Å². The van der Waals surface area contributed by atoms with Crippen LogP contribution in [0.25, 0.3) is 0 Å². The molecule has 2 amide bonds. The first-order chi connectivity index (χ1) is 12.6. The minimum absolute atomic E-state index is 0.0480. The maximum Gasteiger partial charge on any atom is 0.237 e. The quantitative estimate of drug-likeness (QED) is 0.860. The summed E-state index contributed by atoms with van der Waals surface area (Å²) in [6.45, 7) is 6.78. The van der Waals surface area contributed by atoms with Gasteiger partial charge in [-0.15, -0.1) is 0 Å². The van der Waals surface area contributed by atoms with Crippen LogP contribution in [0, 0.1) is 5.92 Å². The third-order valence-corrected chi connectivity index (χ3v) is 5.44. The van der Waals surface area contributed by atoms with Crippen LogP contribution < -0.4 is 5.32 Å². The van der Waals surface area contributed by atoms with Gasteiger partial charge in [0, 0.05) is 25.6 Å². The minimum atomic E-state index is -0.168. The molecule has 2 heterocycles. The van der Waals surface area contributed by atoms with E-state index in [1.165, 1.54) is 0 Å². The maximum absolute atomic E-state index is 12.6. The summed E-state index contributed by atoms with van der Waals surface area (Å²) >= 11 is 0. The number of rotatable bonds is 5. The molecule has 1 aromatic carbocycles. The number of carbonyl (C=O) groups is 2. The van der Waals surface area contributed by atoms with E-state index in [1.54, 1.807) is 0 Å². The maximum atomic E-state index is 12.6. The lowest BCUT2D eigenvalue weighted by molar-refractivity contribution is -0.141. The summed E-state index contributed by atoms with van der Waals surface area (Å²) in [6, 6.07) is 9.76. The van der Waals surface area contributed by atoms with E-state index in [0.717, 1.165) is 31.5 Å². The molecule has 3 rings (SSSR count). The molecule has 2 saturated heterocycles. The third-order valence-electron chi connectivity index (χ3n) is 5.44. The van der Waals surface area contributed by atoms with Gasteiger partial charge < -0.3 is 15.0 Å². The second kappa shape index (κ2) is 9.14. The van der Waals surface area contributed by atoms with Crippen LogP contribution in [-0.2, 0) is 20.9 Å². The molecule has 0 saturated carbocycles. The van der Waals surface area contributed by atoms with Gasteiger partial charge in [0.1, 0.15) is 0 Å². The third kappa shape index (κ3) is 4.83. The van der Waals surface area contributed by atoms with E-state index in [1.807, 2.05) is 42.2 Å². The van der Waals surface area contributed by atoms with Crippen LogP contribution in [0.15, 0.2) is 30.3 Å². The molecule has 6 heteroatoms. The Balaban J connectivity index is 1.43. The highest BCUT2D eigenvalue weighted by Gasteiger charge is 2.32. The molecular weight excluding hydrogens is 330 g/mol. The van der Waals surface area contributed by atoms with Crippen LogP contribution in [0.4, 0.5) is 0 Å². The van der Waals surface area contributed by atoms with Gasteiger partial charge in [0.05, 0.1) is 19.3 Å². The van der Waals surface area contributed by atoms with Gasteiger partial charge >= 0.3 is 0 Å². The predicted molar refractivity (Wildman–Crippen MR) is 99.4 cm³/mol. The van der Waals surface area contributed by atoms with E-state index in [2.05, 4.69) is 10.2 Å². The van der Waals surface area contributed by atoms with E-state index < -0.39 is 0 Å². The Morgan fingerprint density at radius 2 is 1.77 bits per heavy atom. The number of ether oxygens (including phenoxy) is 1. The molecule has 2 aliphatic heterocycles. The molecule has 1 aromatic rings. The summed E-state index contributed by atoms with van der Waals surface area (Å²) < 4.78 is 5.32. The van der Waals surface area contributed by atoms with Gasteiger partial charge in [0.15, 0.2) is 0 Å². The number of hydrogen-bond acceptors (Lipinski definition) is 4. The van der Waals surface area contributed by atoms with Gasteiger partial charge in [-0.3, -0.25) is 14.5 Å². The average molecular weight is 359 g/mol. The molecular formula is C20H29N3O3. The fourth-order valence-electron chi connectivity index (χ4n) is 3.67. The molecule has 1 unspecified atom stereocenters. The fraction of sp³-hybridized carbons (Fsp3) is 0.600. The first-order valence-electron chi connectivity index (χ1n) is 9.57. The van der Waals surface area contributed by atoms with Gasteiger partial charge in [0.2, 0.25) is 11.8 Å². The zero-order valence-electron chi connectivity index (χ0n) is 15.5. The lowest BCUT2D eigenvalue weighted by Crippen LogP contribution is -2.51. The molecule has 2 aliphatic rings. The zero-order valence-corrected chi connectivity index (χ0v) is 15.5. The number of benzene rings is 1. The SMILES string of the molecule is CC(C(=O)NCc1ccccc1)N1CCC(C(=O)N2CCOCC2)CC1. The van der Waals surface area contributed by atoms with Crippen LogP contribution in [0.3, 0.4) is 0 Å². The summed E-state index contributed by atoms with van der Waals surface area (Å²) in [4.78, 5) is 29.1. The molecule has 2 fully saturated rings. The number of nitrogens with one attached hydrogen (secondary N) is 1. The minimum Gasteiger partial charge on any atom is -0.378 e. The van der Waals surface area contributed by atoms with E-state index in [4.69, 9.17) is 4.74 Å². The Bertz CT molecular complexity index is 594. The second-order valence-corrected chi connectivity index (χ2v) is 7.13. The van der Waals surface area contributed by atoms with Crippen molar-refractivity contribution in [2.75, 3.05) is 39.4 Å². The Hall–Kier alpha value is -1.92. The van der Waals surface area contributed by atoms with Crippen LogP contribution in [0.5, 0.6) is 0 Å². The fourth-order valence-corrected chi connectivity index (χ4v) is 3.67. The summed E-state index contributed by atoms with van der Waals surface area (Å²) in [6.07, 6.45) is 1.65. The summed E-state index contributed by atoms with van der Waals surface area (Å²) in [5, 5.41) is 3.01. The van der Waals surface area contributed by atoms with Crippen molar-refractivity contribution in [3.8, 4) is 0 Å². The number of hydrogen-bond donors (Lipinski definition) is 1. The average Bonchev–Trinajstić information content (AvgIpc) is 2.72. The second-order valence-electron chi connectivity index (χ2n) is 7.13. The van der Waals surface area contributed by atoms with Gasteiger partial charge in [-0.25, -0.2) is 0 Å². The largest absolute Gasteiger partial charge is 0.378 e. The normalized spacial score (nSPS) is 20.6. The summed E-state index contributed by atoms with van der Waals surface area (Å²) in [5.41, 5.74) is 1.10. The molecule has 0 aromatic heterocycles. The van der Waals surface area contributed by atoms with Crippen molar-refractivity contribution in [1.29, 1.82) is 0 Å². The van der Waals surface area contributed by atoms with E-state index in [9.17, 15) is 9.59 Å². The Kier molecular flexibility index (Phi) is 6.63. The Morgan fingerprint density at radius 3 is 2.42 bits per heavy atom. The zero-order chi connectivity index (χ0) is 18.4. The Labute approximate surface area is 155 Å². The summed E-state index contributed by atoms with van der Waals surface area (Å²) in [5.74, 6) is 0.393. The smallest absolute Gasteiger partial charge is 0.237 e. The highest BCUT2D eigenvalue weighted by molar-refractivity contribution is 5.81. The van der Waals surface area contributed by atoms with Gasteiger partial charge in [-0.1, -0.05) is 30.3 Å². The van der Waals surface area contributed by atoms with Crippen LogP contribution in [0.1, 0.15) is 25.3 Å². The van der Waals surface area contributed by atoms with E-state index in [-0.39, 0.29) is 23.8 Å². The van der Waals surface area contributed by atoms with Gasteiger partial charge in [-0.05, 0) is 38.4 Å². The molecule has 0 spiro atoms. The number of morpholine rings is 1. The van der Waals surface area contributed by atoms with Crippen molar-refractivity contribution < 1.29 is 14.3 Å². The van der Waals surface area contributed by atoms with Crippen molar-refractivity contribution in [3.05, 3.63) is 35.9 Å². The highest BCUT2D eigenvalue weighted by Crippen LogP contribution is 2.22. The number of piperidine rings is 1. The molecule has 0 bridgehead atoms. The van der Waals surface area contributed by atoms with E-state index in [0.29, 0.717) is 32.8 Å². The van der Waals surface area contributed by atoms with Gasteiger partial charge in [0.25, 0.3) is 0 Å². The lowest BCUT2D eigenvalue weighted by Gasteiger charge is -2.37. The van der Waals surface area contributed by atoms with E-state index >= 15 is 0 Å². The first kappa shape index (κ1) is 18.9. The monoisotopic (exact) mass is 359 g/mol. The lowest BCUT2D eigenvalue weighted by atomic mass is 9.94. The van der Waals surface area contributed by atoms with Crippen LogP contribution in [0.2, 0.25) is 0 Å². The van der Waals surface area contributed by atoms with Crippen LogP contribution in [-0.4, -0.2) is 67.0 Å². The number of likely N-dealkylation sites (tertiary alicyclic amines) is 1. The van der Waals surface area contributed by atoms with Crippen molar-refractivity contribution in [1.82, 2.24) is 15.1 Å². The topological polar surface area (TPSA) is 61.9 Å². The predicted octanol–water partition coefficient (Wildman–Crippen LogP) is 1.26. The molecule has 1 N–H and O–H groups in total. The molecule has 1 atom stereocenters. The van der Waals surface area contributed by atoms with Crippen molar-refractivity contribution >= 4 is 11.8 Å². The molecule has 26 heavy (non-hydrogen) atoms. The summed E-state index contributed by atoms with van der Waals surface area (Å²) in [7, 11) is 0. The number of amides is 2.